The van der Waals surface area contributed by atoms with Crippen LogP contribution in [0.5, 0.6) is 0 Å². The minimum Gasteiger partial charge on any atom is -0.462 e. The van der Waals surface area contributed by atoms with E-state index in [-0.39, 0.29) is 12.3 Å². The summed E-state index contributed by atoms with van der Waals surface area (Å²) in [5.41, 5.74) is -0.753. The number of morpholine rings is 1. The minimum atomic E-state index is -0.762. The van der Waals surface area contributed by atoms with Crippen LogP contribution in [0, 0.1) is 20.2 Å². The fourth-order valence-corrected chi connectivity index (χ4v) is 3.74. The second-order valence-corrected chi connectivity index (χ2v) is 7.04. The Morgan fingerprint density at radius 1 is 1.17 bits per heavy atom. The van der Waals surface area contributed by atoms with E-state index < -0.39 is 27.2 Å². The van der Waals surface area contributed by atoms with E-state index in [9.17, 15) is 25.0 Å². The van der Waals surface area contributed by atoms with E-state index >= 15 is 0 Å². The van der Waals surface area contributed by atoms with E-state index in [0.29, 0.717) is 41.9 Å². The third kappa shape index (κ3) is 4.75. The summed E-state index contributed by atoms with van der Waals surface area (Å²) >= 11 is 1.18. The van der Waals surface area contributed by atoms with E-state index in [1.807, 2.05) is 4.90 Å². The van der Waals surface area contributed by atoms with E-state index in [0.717, 1.165) is 18.2 Å². The Bertz CT molecular complexity index is 1000. The molecular formula is C17H17N5O7S. The van der Waals surface area contributed by atoms with Crippen LogP contribution in [0.15, 0.2) is 34.5 Å². The lowest BCUT2D eigenvalue weighted by Gasteiger charge is -2.27. The average Bonchev–Trinajstić information content (AvgIpc) is 3.17. The first-order valence-corrected chi connectivity index (χ1v) is 9.70. The molecule has 0 aliphatic carbocycles. The van der Waals surface area contributed by atoms with Gasteiger partial charge in [0.1, 0.15) is 15.6 Å². The van der Waals surface area contributed by atoms with E-state index in [2.05, 4.69) is 10.2 Å². The first kappa shape index (κ1) is 21.3. The SMILES string of the molecule is CCOC(=O)c1cc(N=Nc2ccc([N+](=O)[O-])cc2[N+](=O)[O-])c(N2CCOCC2)s1. The van der Waals surface area contributed by atoms with Crippen LogP contribution in [0.1, 0.15) is 16.6 Å². The number of thiophene rings is 1. The maximum atomic E-state index is 12.1. The summed E-state index contributed by atoms with van der Waals surface area (Å²) in [6.45, 7) is 4.11. The number of non-ortho nitro benzene ring substituents is 1. The Morgan fingerprint density at radius 2 is 1.87 bits per heavy atom. The molecule has 158 valence electrons. The van der Waals surface area contributed by atoms with Gasteiger partial charge in [-0.2, -0.15) is 0 Å². The molecule has 1 aromatic heterocycles. The van der Waals surface area contributed by atoms with Crippen molar-refractivity contribution < 1.29 is 24.1 Å². The summed E-state index contributed by atoms with van der Waals surface area (Å²) in [7, 11) is 0. The van der Waals surface area contributed by atoms with Crippen LogP contribution < -0.4 is 4.90 Å². The van der Waals surface area contributed by atoms with Gasteiger partial charge in [-0.25, -0.2) is 4.79 Å². The van der Waals surface area contributed by atoms with Crippen molar-refractivity contribution >= 4 is 45.1 Å². The molecule has 1 aliphatic heterocycles. The van der Waals surface area contributed by atoms with Gasteiger partial charge in [0.2, 0.25) is 0 Å². The number of esters is 1. The molecule has 2 heterocycles. The van der Waals surface area contributed by atoms with Gasteiger partial charge in [-0.3, -0.25) is 20.2 Å². The highest BCUT2D eigenvalue weighted by molar-refractivity contribution is 7.18. The molecule has 1 fully saturated rings. The molecule has 0 bridgehead atoms. The highest BCUT2D eigenvalue weighted by Crippen LogP contribution is 2.41. The standard InChI is InChI=1S/C17H17N5O7S/c1-2-29-17(23)15-10-13(16(30-15)20-5-7-28-8-6-20)19-18-12-4-3-11(21(24)25)9-14(12)22(26)27/h3-4,9-10H,2,5-8H2,1H3. The maximum absolute atomic E-state index is 12.1. The lowest BCUT2D eigenvalue weighted by Crippen LogP contribution is -2.35. The number of hydrogen-bond acceptors (Lipinski definition) is 11. The molecule has 0 spiro atoms. The Kier molecular flexibility index (Phi) is 6.64. The third-order valence-corrected chi connectivity index (χ3v) is 5.27. The van der Waals surface area contributed by atoms with Crippen LogP contribution in [-0.2, 0) is 9.47 Å². The summed E-state index contributed by atoms with van der Waals surface area (Å²) in [4.78, 5) is 35.1. The van der Waals surface area contributed by atoms with Gasteiger partial charge in [-0.1, -0.05) is 0 Å². The summed E-state index contributed by atoms with van der Waals surface area (Å²) in [5, 5.41) is 30.9. The zero-order chi connectivity index (χ0) is 21.7. The Morgan fingerprint density at radius 3 is 2.50 bits per heavy atom. The number of rotatable bonds is 7. The van der Waals surface area contributed by atoms with Crippen molar-refractivity contribution in [1.29, 1.82) is 0 Å². The number of hydrogen-bond donors (Lipinski definition) is 0. The van der Waals surface area contributed by atoms with Gasteiger partial charge >= 0.3 is 11.7 Å². The summed E-state index contributed by atoms with van der Waals surface area (Å²) in [6.07, 6.45) is 0. The quantitative estimate of drug-likeness (QED) is 0.274. The Labute approximate surface area is 174 Å². The number of carbonyl (C=O) groups is 1. The molecule has 0 atom stereocenters. The number of nitrogens with zero attached hydrogens (tertiary/aromatic N) is 5. The number of ether oxygens (including phenoxy) is 2. The van der Waals surface area contributed by atoms with Crippen molar-refractivity contribution in [3.05, 3.63) is 49.4 Å². The third-order valence-electron chi connectivity index (χ3n) is 4.10. The van der Waals surface area contributed by atoms with Crippen molar-refractivity contribution in [3.8, 4) is 0 Å². The van der Waals surface area contributed by atoms with Crippen molar-refractivity contribution in [1.82, 2.24) is 0 Å². The number of benzene rings is 1. The maximum Gasteiger partial charge on any atom is 0.348 e. The summed E-state index contributed by atoms with van der Waals surface area (Å²) in [5.74, 6) is -0.500. The molecular weight excluding hydrogens is 418 g/mol. The monoisotopic (exact) mass is 435 g/mol. The van der Waals surface area contributed by atoms with Gasteiger partial charge in [0.15, 0.2) is 5.69 Å². The second kappa shape index (κ2) is 9.37. The first-order valence-electron chi connectivity index (χ1n) is 8.89. The number of anilines is 1. The van der Waals surface area contributed by atoms with E-state index in [4.69, 9.17) is 9.47 Å². The highest BCUT2D eigenvalue weighted by atomic mass is 32.1. The molecule has 3 rings (SSSR count). The smallest absolute Gasteiger partial charge is 0.348 e. The molecule has 0 radical (unpaired) electrons. The molecule has 1 saturated heterocycles. The normalized spacial score (nSPS) is 14.1. The number of nitro benzene ring substituents is 2. The highest BCUT2D eigenvalue weighted by Gasteiger charge is 2.23. The number of azo groups is 1. The van der Waals surface area contributed by atoms with E-state index in [1.165, 1.54) is 17.4 Å². The number of carbonyl (C=O) groups excluding carboxylic acids is 1. The van der Waals surface area contributed by atoms with Gasteiger partial charge in [-0.05, 0) is 19.1 Å². The fraction of sp³-hybridized carbons (Fsp3) is 0.353. The molecule has 30 heavy (non-hydrogen) atoms. The molecule has 1 aromatic carbocycles. The topological polar surface area (TPSA) is 150 Å². The van der Waals surface area contributed by atoms with Gasteiger partial charge in [-0.15, -0.1) is 21.6 Å². The lowest BCUT2D eigenvalue weighted by molar-refractivity contribution is -0.393. The van der Waals surface area contributed by atoms with E-state index in [1.54, 1.807) is 6.92 Å². The van der Waals surface area contributed by atoms with Crippen LogP contribution in [0.3, 0.4) is 0 Å². The second-order valence-electron chi connectivity index (χ2n) is 6.01. The van der Waals surface area contributed by atoms with Crippen molar-refractivity contribution in [2.75, 3.05) is 37.8 Å². The van der Waals surface area contributed by atoms with Gasteiger partial charge in [0, 0.05) is 19.2 Å². The molecule has 2 aromatic rings. The molecule has 1 aliphatic rings. The molecule has 0 unspecified atom stereocenters. The molecule has 0 amide bonds. The van der Waals surface area contributed by atoms with Crippen molar-refractivity contribution in [3.63, 3.8) is 0 Å². The predicted octanol–water partition coefficient (Wildman–Crippen LogP) is 3.99. The Balaban J connectivity index is 1.98. The largest absolute Gasteiger partial charge is 0.462 e. The lowest BCUT2D eigenvalue weighted by atomic mass is 10.2. The average molecular weight is 435 g/mol. The van der Waals surface area contributed by atoms with Crippen molar-refractivity contribution in [2.45, 2.75) is 6.92 Å². The zero-order valence-electron chi connectivity index (χ0n) is 15.8. The zero-order valence-corrected chi connectivity index (χ0v) is 16.7. The molecule has 13 heteroatoms. The van der Waals surface area contributed by atoms with Gasteiger partial charge < -0.3 is 14.4 Å². The summed E-state index contributed by atoms with van der Waals surface area (Å²) < 4.78 is 10.4. The summed E-state index contributed by atoms with van der Waals surface area (Å²) in [6, 6.07) is 4.61. The fourth-order valence-electron chi connectivity index (χ4n) is 2.70. The first-order chi connectivity index (χ1) is 14.4. The predicted molar refractivity (Wildman–Crippen MR) is 107 cm³/mol. The van der Waals surface area contributed by atoms with Gasteiger partial charge in [0.05, 0.1) is 35.7 Å². The number of nitro groups is 2. The minimum absolute atomic E-state index is 0.137. The van der Waals surface area contributed by atoms with Crippen LogP contribution in [0.25, 0.3) is 0 Å². The van der Waals surface area contributed by atoms with Crippen LogP contribution in [0.4, 0.5) is 27.8 Å². The van der Waals surface area contributed by atoms with Crippen LogP contribution >= 0.6 is 11.3 Å². The van der Waals surface area contributed by atoms with Crippen LogP contribution in [0.2, 0.25) is 0 Å². The molecule has 12 nitrogen and oxygen atoms in total. The molecule has 0 saturated carbocycles. The van der Waals surface area contributed by atoms with Crippen molar-refractivity contribution in [2.24, 2.45) is 10.2 Å². The molecule has 0 N–H and O–H groups in total. The Hall–Kier alpha value is -3.45. The van der Waals surface area contributed by atoms with Gasteiger partial charge in [0.25, 0.3) is 5.69 Å². The van der Waals surface area contributed by atoms with Crippen LogP contribution in [-0.4, -0.2) is 48.7 Å².